The number of para-hydroxylation sites is 1. The predicted molar refractivity (Wildman–Crippen MR) is 89.0 cm³/mol. The van der Waals surface area contributed by atoms with E-state index in [1.165, 1.54) is 0 Å². The molecule has 0 saturated heterocycles. The van der Waals surface area contributed by atoms with E-state index in [2.05, 4.69) is 0 Å². The van der Waals surface area contributed by atoms with E-state index in [-0.39, 0.29) is 11.3 Å². The van der Waals surface area contributed by atoms with Gasteiger partial charge in [0.15, 0.2) is 0 Å². The third-order valence-electron chi connectivity index (χ3n) is 3.75. The molecule has 0 aliphatic carbocycles. The summed E-state index contributed by atoms with van der Waals surface area (Å²) in [6.07, 6.45) is -0.229. The Kier molecular flexibility index (Phi) is 4.21. The summed E-state index contributed by atoms with van der Waals surface area (Å²) >= 11 is 0. The van der Waals surface area contributed by atoms with Gasteiger partial charge in [-0.15, -0.1) is 0 Å². The van der Waals surface area contributed by atoms with Crippen LogP contribution < -0.4 is 10.4 Å². The maximum Gasteiger partial charge on any atom is 0.347 e. The summed E-state index contributed by atoms with van der Waals surface area (Å²) in [5.74, 6) is 0.318. The quantitative estimate of drug-likeness (QED) is 0.737. The van der Waals surface area contributed by atoms with Crippen molar-refractivity contribution in [2.45, 2.75) is 19.4 Å². The lowest BCUT2D eigenvalue weighted by molar-refractivity contribution is 0.192. The molecule has 0 fully saturated rings. The number of aromatic hydroxyl groups is 1. The number of benzene rings is 2. The third-order valence-corrected chi connectivity index (χ3v) is 3.75. The SMILES string of the molecule is CCC(Oc1cccc(C#N)c1)c1c(O)c2ccccc2oc1=O. The molecule has 1 aromatic heterocycles. The second-order valence-corrected chi connectivity index (χ2v) is 5.30. The van der Waals surface area contributed by atoms with Crippen LogP contribution in [0.3, 0.4) is 0 Å². The summed E-state index contributed by atoms with van der Waals surface area (Å²) in [5.41, 5.74) is 0.232. The Morgan fingerprint density at radius 1 is 1.25 bits per heavy atom. The number of ether oxygens (including phenoxy) is 1. The van der Waals surface area contributed by atoms with Crippen LogP contribution in [0.2, 0.25) is 0 Å². The zero-order valence-corrected chi connectivity index (χ0v) is 13.0. The molecule has 0 radical (unpaired) electrons. The van der Waals surface area contributed by atoms with Crippen LogP contribution >= 0.6 is 0 Å². The van der Waals surface area contributed by atoms with Crippen LogP contribution in [0.4, 0.5) is 0 Å². The van der Waals surface area contributed by atoms with Crippen molar-refractivity contribution in [2.75, 3.05) is 0 Å². The van der Waals surface area contributed by atoms with Gasteiger partial charge < -0.3 is 14.3 Å². The molecule has 1 N–H and O–H groups in total. The molecule has 1 unspecified atom stereocenters. The summed E-state index contributed by atoms with van der Waals surface area (Å²) in [7, 11) is 0. The van der Waals surface area contributed by atoms with Gasteiger partial charge in [0.2, 0.25) is 0 Å². The van der Waals surface area contributed by atoms with Crippen LogP contribution in [-0.4, -0.2) is 5.11 Å². The maximum absolute atomic E-state index is 12.3. The van der Waals surface area contributed by atoms with Crippen LogP contribution in [-0.2, 0) is 0 Å². The van der Waals surface area contributed by atoms with Gasteiger partial charge in [0.1, 0.15) is 28.7 Å². The average molecular weight is 321 g/mol. The van der Waals surface area contributed by atoms with E-state index in [4.69, 9.17) is 14.4 Å². The largest absolute Gasteiger partial charge is 0.506 e. The number of hydrogen-bond acceptors (Lipinski definition) is 5. The summed E-state index contributed by atoms with van der Waals surface area (Å²) in [4.78, 5) is 12.3. The molecule has 0 bridgehead atoms. The number of rotatable bonds is 4. The zero-order valence-electron chi connectivity index (χ0n) is 13.0. The third kappa shape index (κ3) is 2.82. The Morgan fingerprint density at radius 2 is 2.04 bits per heavy atom. The van der Waals surface area contributed by atoms with E-state index >= 15 is 0 Å². The Labute approximate surface area is 138 Å². The molecule has 5 heteroatoms. The number of nitrogens with zero attached hydrogens (tertiary/aromatic N) is 1. The molecule has 5 nitrogen and oxygen atoms in total. The molecule has 1 atom stereocenters. The molecule has 24 heavy (non-hydrogen) atoms. The topological polar surface area (TPSA) is 83.5 Å². The molecule has 0 aliphatic rings. The highest BCUT2D eigenvalue weighted by atomic mass is 16.5. The fourth-order valence-electron chi connectivity index (χ4n) is 2.58. The van der Waals surface area contributed by atoms with Crippen molar-refractivity contribution in [3.8, 4) is 17.6 Å². The Hall–Kier alpha value is -3.26. The molecule has 0 spiro atoms. The highest BCUT2D eigenvalue weighted by molar-refractivity contribution is 5.84. The molecular formula is C19H15NO4. The first-order chi connectivity index (χ1) is 11.6. The van der Waals surface area contributed by atoms with E-state index in [0.29, 0.717) is 28.7 Å². The standard InChI is InChI=1S/C19H15NO4/c1-2-15(23-13-7-5-6-12(10-13)11-20)17-18(21)14-8-3-4-9-16(14)24-19(17)22/h3-10,15,21H,2H2,1H3. The van der Waals surface area contributed by atoms with Crippen molar-refractivity contribution in [1.82, 2.24) is 0 Å². The Bertz CT molecular complexity index is 985. The zero-order chi connectivity index (χ0) is 17.1. The summed E-state index contributed by atoms with van der Waals surface area (Å²) < 4.78 is 11.1. The molecule has 0 aliphatic heterocycles. The fourth-order valence-corrected chi connectivity index (χ4v) is 2.58. The minimum Gasteiger partial charge on any atom is -0.506 e. The van der Waals surface area contributed by atoms with Gasteiger partial charge in [0.25, 0.3) is 0 Å². The van der Waals surface area contributed by atoms with Crippen LogP contribution in [0.1, 0.15) is 30.6 Å². The van der Waals surface area contributed by atoms with Gasteiger partial charge in [-0.05, 0) is 36.8 Å². The highest BCUT2D eigenvalue weighted by Crippen LogP contribution is 2.33. The van der Waals surface area contributed by atoms with Gasteiger partial charge in [0.05, 0.1) is 17.0 Å². The van der Waals surface area contributed by atoms with Gasteiger partial charge in [-0.2, -0.15) is 5.26 Å². The second kappa shape index (κ2) is 6.47. The minimum absolute atomic E-state index is 0.0820. The van der Waals surface area contributed by atoms with E-state index in [9.17, 15) is 9.90 Å². The lowest BCUT2D eigenvalue weighted by Crippen LogP contribution is -2.17. The van der Waals surface area contributed by atoms with E-state index in [1.807, 2.05) is 13.0 Å². The number of fused-ring (bicyclic) bond motifs is 1. The van der Waals surface area contributed by atoms with Gasteiger partial charge in [-0.3, -0.25) is 0 Å². The smallest absolute Gasteiger partial charge is 0.347 e. The van der Waals surface area contributed by atoms with Crippen LogP contribution in [0.25, 0.3) is 11.0 Å². The molecule has 2 aromatic carbocycles. The van der Waals surface area contributed by atoms with Crippen LogP contribution in [0.15, 0.2) is 57.7 Å². The van der Waals surface area contributed by atoms with E-state index in [1.54, 1.807) is 48.5 Å². The maximum atomic E-state index is 12.3. The first kappa shape index (κ1) is 15.6. The van der Waals surface area contributed by atoms with Crippen molar-refractivity contribution in [3.05, 3.63) is 70.1 Å². The number of nitriles is 1. The van der Waals surface area contributed by atoms with E-state index < -0.39 is 11.7 Å². The van der Waals surface area contributed by atoms with E-state index in [0.717, 1.165) is 0 Å². The normalized spacial score (nSPS) is 11.8. The molecule has 0 amide bonds. The Balaban J connectivity index is 2.06. The van der Waals surface area contributed by atoms with Crippen molar-refractivity contribution >= 4 is 11.0 Å². The summed E-state index contributed by atoms with van der Waals surface area (Å²) in [6.45, 7) is 1.84. The van der Waals surface area contributed by atoms with Crippen LogP contribution in [0, 0.1) is 11.3 Å². The lowest BCUT2D eigenvalue weighted by Gasteiger charge is -2.18. The molecule has 3 rings (SSSR count). The number of hydrogen-bond donors (Lipinski definition) is 1. The fraction of sp³-hybridized carbons (Fsp3) is 0.158. The molecule has 1 heterocycles. The molecular weight excluding hydrogens is 306 g/mol. The second-order valence-electron chi connectivity index (χ2n) is 5.30. The molecule has 0 saturated carbocycles. The van der Waals surface area contributed by atoms with Gasteiger partial charge >= 0.3 is 5.63 Å². The monoisotopic (exact) mass is 321 g/mol. The first-order valence-electron chi connectivity index (χ1n) is 7.55. The van der Waals surface area contributed by atoms with Crippen molar-refractivity contribution < 1.29 is 14.3 Å². The van der Waals surface area contributed by atoms with Gasteiger partial charge in [-0.1, -0.05) is 25.1 Å². The van der Waals surface area contributed by atoms with Crippen molar-refractivity contribution in [1.29, 1.82) is 5.26 Å². The van der Waals surface area contributed by atoms with Gasteiger partial charge in [0, 0.05) is 0 Å². The van der Waals surface area contributed by atoms with Crippen molar-refractivity contribution in [3.63, 3.8) is 0 Å². The average Bonchev–Trinajstić information content (AvgIpc) is 2.61. The summed E-state index contributed by atoms with van der Waals surface area (Å²) in [5, 5.41) is 19.9. The molecule has 3 aromatic rings. The highest BCUT2D eigenvalue weighted by Gasteiger charge is 2.23. The predicted octanol–water partition coefficient (Wildman–Crippen LogP) is 3.90. The van der Waals surface area contributed by atoms with Gasteiger partial charge in [-0.25, -0.2) is 4.79 Å². The Morgan fingerprint density at radius 3 is 2.79 bits per heavy atom. The summed E-state index contributed by atoms with van der Waals surface area (Å²) in [6, 6.07) is 15.5. The van der Waals surface area contributed by atoms with Crippen molar-refractivity contribution in [2.24, 2.45) is 0 Å². The first-order valence-corrected chi connectivity index (χ1v) is 7.55. The van der Waals surface area contributed by atoms with Crippen LogP contribution in [0.5, 0.6) is 11.5 Å². The molecule has 120 valence electrons. The minimum atomic E-state index is -0.681. The lowest BCUT2D eigenvalue weighted by atomic mass is 10.1.